The van der Waals surface area contributed by atoms with E-state index in [1.807, 2.05) is 72.8 Å². The molecule has 0 fully saturated rings. The lowest BCUT2D eigenvalue weighted by Crippen LogP contribution is -2.26. The van der Waals surface area contributed by atoms with E-state index >= 15 is 0 Å². The van der Waals surface area contributed by atoms with E-state index in [-0.39, 0.29) is 24.0 Å². The first-order chi connectivity index (χ1) is 35.3. The number of esters is 3. The minimum absolute atomic E-state index is 0.0565. The first kappa shape index (κ1) is 62.9. The highest BCUT2D eigenvalue weighted by atomic mass is 79.9. The molecule has 0 aromatic heterocycles. The molecule has 0 spiro atoms. The third-order valence-electron chi connectivity index (χ3n) is 11.9. The number of rotatable bonds is 44. The molecule has 0 saturated carbocycles. The van der Waals surface area contributed by atoms with Crippen LogP contribution in [0.4, 0.5) is 0 Å². The predicted octanol–water partition coefficient (Wildman–Crippen LogP) is 16.8. The highest BCUT2D eigenvalue weighted by Crippen LogP contribution is 2.16. The number of carbonyl (C=O) groups excluding carboxylic acids is 3. The number of ether oxygens (including phenoxy) is 6. The topological polar surface area (TPSA) is 107 Å². The van der Waals surface area contributed by atoms with Crippen molar-refractivity contribution in [1.82, 2.24) is 0 Å². The van der Waals surface area contributed by atoms with E-state index in [2.05, 4.69) is 47.8 Å². The summed E-state index contributed by atoms with van der Waals surface area (Å²) in [5.74, 6) is -0.877. The van der Waals surface area contributed by atoms with Gasteiger partial charge in [-0.05, 0) is 110 Å². The molecule has 0 atom stereocenters. The quantitative estimate of drug-likeness (QED) is 0.0237. The van der Waals surface area contributed by atoms with Gasteiger partial charge in [-0.15, -0.1) is 0 Å². The summed E-state index contributed by atoms with van der Waals surface area (Å²) in [6, 6.07) is 23.4. The Kier molecular flexibility index (Phi) is 38.4. The van der Waals surface area contributed by atoms with Crippen molar-refractivity contribution >= 4 is 83.9 Å². The molecule has 0 bridgehead atoms. The minimum atomic E-state index is -0.293. The van der Waals surface area contributed by atoms with Gasteiger partial charge in [-0.25, -0.2) is 14.4 Å². The van der Waals surface area contributed by atoms with Gasteiger partial charge >= 0.3 is 17.9 Å². The number of halogens is 3. The molecule has 0 radical (unpaired) electrons. The summed E-state index contributed by atoms with van der Waals surface area (Å²) in [4.78, 5) is 36.0. The predicted molar refractivity (Wildman–Crippen MR) is 305 cm³/mol. The van der Waals surface area contributed by atoms with Crippen LogP contribution in [0, 0.1) is 0 Å². The fourth-order valence-electron chi connectivity index (χ4n) is 7.70. The Bertz CT molecular complexity index is 1820. The first-order valence-corrected chi connectivity index (χ1v) is 29.2. The standard InChI is InChI=1S/C60H83Br3O9/c61-54-34-25-51(26-35-54)31-40-58(64)70-46-22-16-10-3-1-7-13-19-43-67-49-57(69-45-21-15-9-5-6-12-18-24-48-72-60(66)42-33-53-29-38-56(63)39-30-53)50-68-44-20-14-8-2-4-11-17-23-47-71-59(65)41-32-52-27-36-55(62)37-28-52/h25-42,57H,1-24,43-50H2. The molecule has 0 unspecified atom stereocenters. The van der Waals surface area contributed by atoms with E-state index in [4.69, 9.17) is 28.4 Å². The zero-order valence-corrected chi connectivity index (χ0v) is 47.7. The molecule has 9 nitrogen and oxygen atoms in total. The number of hydrogen-bond acceptors (Lipinski definition) is 9. The lowest BCUT2D eigenvalue weighted by molar-refractivity contribution is -0.138. The van der Waals surface area contributed by atoms with Crippen molar-refractivity contribution in [1.29, 1.82) is 0 Å². The molecule has 0 saturated heterocycles. The van der Waals surface area contributed by atoms with E-state index < -0.39 is 0 Å². The van der Waals surface area contributed by atoms with Crippen LogP contribution in [-0.2, 0) is 42.8 Å². The first-order valence-electron chi connectivity index (χ1n) is 26.8. The fourth-order valence-corrected chi connectivity index (χ4v) is 8.49. The maximum atomic E-state index is 12.0. The SMILES string of the molecule is O=C(C=Cc1ccc(Br)cc1)OCCCCCCCCCCOCC(COCCCCCCCCCCOC(=O)C=Cc1ccc(Br)cc1)OCCCCCCCCCCOC(=O)C=Cc1ccc(Br)cc1. The lowest BCUT2D eigenvalue weighted by atomic mass is 10.1. The number of benzene rings is 3. The molecular weight excluding hydrogens is 1100 g/mol. The van der Waals surface area contributed by atoms with Gasteiger partial charge in [-0.3, -0.25) is 0 Å². The zero-order chi connectivity index (χ0) is 51.4. The van der Waals surface area contributed by atoms with Crippen LogP contribution in [0.2, 0.25) is 0 Å². The van der Waals surface area contributed by atoms with Crippen LogP contribution < -0.4 is 0 Å². The average molecular weight is 1190 g/mol. The number of unbranched alkanes of at least 4 members (excludes halogenated alkanes) is 21. The Morgan fingerprint density at radius 1 is 0.333 bits per heavy atom. The van der Waals surface area contributed by atoms with Gasteiger partial charge in [0.25, 0.3) is 0 Å². The van der Waals surface area contributed by atoms with Gasteiger partial charge in [0.15, 0.2) is 0 Å². The summed E-state index contributed by atoms with van der Waals surface area (Å²) < 4.78 is 37.6. The fraction of sp³-hybridized carbons (Fsp3) is 0.550. The van der Waals surface area contributed by atoms with Gasteiger partial charge in [-0.2, -0.15) is 0 Å². The molecule has 3 rings (SSSR count). The van der Waals surface area contributed by atoms with Crippen LogP contribution in [0.3, 0.4) is 0 Å². The van der Waals surface area contributed by atoms with Crippen LogP contribution in [0.15, 0.2) is 104 Å². The summed E-state index contributed by atoms with van der Waals surface area (Å²) >= 11 is 10.3. The molecule has 3 aromatic rings. The molecule has 12 heteroatoms. The molecule has 72 heavy (non-hydrogen) atoms. The smallest absolute Gasteiger partial charge is 0.330 e. The van der Waals surface area contributed by atoms with Crippen LogP contribution in [-0.4, -0.2) is 76.9 Å². The van der Waals surface area contributed by atoms with E-state index in [0.29, 0.717) is 33.0 Å². The normalized spacial score (nSPS) is 12.0. The molecule has 3 aromatic carbocycles. The molecule has 398 valence electrons. The molecule has 0 aliphatic carbocycles. The minimum Gasteiger partial charge on any atom is -0.463 e. The molecule has 0 amide bonds. The number of carbonyl (C=O) groups is 3. The average Bonchev–Trinajstić information content (AvgIpc) is 3.38. The van der Waals surface area contributed by atoms with Crippen LogP contribution >= 0.6 is 47.8 Å². The van der Waals surface area contributed by atoms with Crippen molar-refractivity contribution in [2.75, 3.05) is 52.9 Å². The largest absolute Gasteiger partial charge is 0.463 e. The summed E-state index contributed by atoms with van der Waals surface area (Å²) in [6.07, 6.45) is 36.5. The summed E-state index contributed by atoms with van der Waals surface area (Å²) in [6.45, 7) is 4.71. The van der Waals surface area contributed by atoms with Crippen LogP contribution in [0.25, 0.3) is 18.2 Å². The van der Waals surface area contributed by atoms with Crippen molar-refractivity contribution in [3.8, 4) is 0 Å². The van der Waals surface area contributed by atoms with Crippen molar-refractivity contribution in [2.24, 2.45) is 0 Å². The Labute approximate surface area is 458 Å². The summed E-state index contributed by atoms with van der Waals surface area (Å²) in [5, 5.41) is 0. The molecule has 0 heterocycles. The Morgan fingerprint density at radius 3 is 0.847 bits per heavy atom. The molecule has 0 N–H and O–H groups in total. The molecule has 0 aliphatic rings. The second kappa shape index (κ2) is 44.0. The van der Waals surface area contributed by atoms with Gasteiger partial charge in [-0.1, -0.05) is 200 Å². The third-order valence-corrected chi connectivity index (χ3v) is 13.5. The van der Waals surface area contributed by atoms with E-state index in [9.17, 15) is 14.4 Å². The number of hydrogen-bond donors (Lipinski definition) is 0. The maximum absolute atomic E-state index is 12.0. The Hall–Kier alpha value is -3.39. The molecule has 0 aliphatic heterocycles. The lowest BCUT2D eigenvalue weighted by Gasteiger charge is -2.18. The van der Waals surface area contributed by atoms with Gasteiger partial charge in [0.2, 0.25) is 0 Å². The van der Waals surface area contributed by atoms with Crippen molar-refractivity contribution in [3.05, 3.63) is 121 Å². The van der Waals surface area contributed by atoms with Crippen molar-refractivity contribution < 1.29 is 42.8 Å². The highest BCUT2D eigenvalue weighted by Gasteiger charge is 2.11. The second-order valence-corrected chi connectivity index (χ2v) is 21.0. The highest BCUT2D eigenvalue weighted by molar-refractivity contribution is 9.11. The Balaban J connectivity index is 1.17. The third kappa shape index (κ3) is 36.5. The monoisotopic (exact) mass is 1180 g/mol. The Morgan fingerprint density at radius 2 is 0.569 bits per heavy atom. The van der Waals surface area contributed by atoms with E-state index in [1.165, 1.54) is 76.0 Å². The maximum Gasteiger partial charge on any atom is 0.330 e. The van der Waals surface area contributed by atoms with Crippen LogP contribution in [0.1, 0.15) is 171 Å². The van der Waals surface area contributed by atoms with Gasteiger partial charge in [0, 0.05) is 51.5 Å². The molecular formula is C60H83Br3O9. The van der Waals surface area contributed by atoms with E-state index in [0.717, 1.165) is 146 Å². The van der Waals surface area contributed by atoms with Crippen LogP contribution in [0.5, 0.6) is 0 Å². The van der Waals surface area contributed by atoms with Crippen molar-refractivity contribution in [2.45, 2.75) is 160 Å². The second-order valence-electron chi connectivity index (χ2n) is 18.3. The zero-order valence-electron chi connectivity index (χ0n) is 42.9. The van der Waals surface area contributed by atoms with Gasteiger partial charge in [0.1, 0.15) is 6.10 Å². The van der Waals surface area contributed by atoms with E-state index in [1.54, 1.807) is 18.2 Å². The summed E-state index contributed by atoms with van der Waals surface area (Å²) in [7, 11) is 0. The van der Waals surface area contributed by atoms with Gasteiger partial charge < -0.3 is 28.4 Å². The van der Waals surface area contributed by atoms with Crippen molar-refractivity contribution in [3.63, 3.8) is 0 Å². The summed E-state index contributed by atoms with van der Waals surface area (Å²) in [5.41, 5.74) is 2.90. The van der Waals surface area contributed by atoms with Gasteiger partial charge in [0.05, 0.1) is 33.0 Å².